The lowest BCUT2D eigenvalue weighted by molar-refractivity contribution is 0.0940. The number of carbonyl (C=O) groups is 1. The molecule has 2 heteroatoms. The molecule has 0 unspecified atom stereocenters. The zero-order chi connectivity index (χ0) is 11.6. The molecule has 0 saturated heterocycles. The lowest BCUT2D eigenvalue weighted by Gasteiger charge is -2.15. The molecule has 0 aliphatic heterocycles. The minimum atomic E-state index is -0.398. The van der Waals surface area contributed by atoms with Crippen molar-refractivity contribution in [3.8, 4) is 0 Å². The van der Waals surface area contributed by atoms with Gasteiger partial charge in [0, 0.05) is 5.56 Å². The maximum Gasteiger partial charge on any atom is 0.180 e. The van der Waals surface area contributed by atoms with Crippen molar-refractivity contribution in [2.45, 2.75) is 33.7 Å². The quantitative estimate of drug-likeness (QED) is 0.770. The molecule has 2 N–H and O–H groups in total. The van der Waals surface area contributed by atoms with Crippen LogP contribution in [0.1, 0.15) is 35.3 Å². The second-order valence-electron chi connectivity index (χ2n) is 4.45. The van der Waals surface area contributed by atoms with E-state index in [1.165, 1.54) is 0 Å². The Hall–Kier alpha value is -1.15. The summed E-state index contributed by atoms with van der Waals surface area (Å²) < 4.78 is 0. The second-order valence-corrected chi connectivity index (χ2v) is 4.45. The molecule has 1 rings (SSSR count). The minimum absolute atomic E-state index is 0.0474. The van der Waals surface area contributed by atoms with Gasteiger partial charge in [0.2, 0.25) is 0 Å². The lowest BCUT2D eigenvalue weighted by Crippen LogP contribution is -2.35. The van der Waals surface area contributed by atoms with Gasteiger partial charge in [0.25, 0.3) is 0 Å². The third-order valence-corrected chi connectivity index (χ3v) is 2.68. The topological polar surface area (TPSA) is 43.1 Å². The molecular formula is C13H19NO. The summed E-state index contributed by atoms with van der Waals surface area (Å²) in [5, 5.41) is 0. The van der Waals surface area contributed by atoms with Gasteiger partial charge in [0.15, 0.2) is 5.78 Å². The van der Waals surface area contributed by atoms with Gasteiger partial charge < -0.3 is 5.73 Å². The highest BCUT2D eigenvalue weighted by Gasteiger charge is 2.20. The van der Waals surface area contributed by atoms with Gasteiger partial charge in [-0.3, -0.25) is 4.79 Å². The summed E-state index contributed by atoms with van der Waals surface area (Å²) in [6, 6.07) is 5.49. The van der Waals surface area contributed by atoms with Crippen LogP contribution in [0.25, 0.3) is 0 Å². The van der Waals surface area contributed by atoms with Gasteiger partial charge in [-0.2, -0.15) is 0 Å². The van der Waals surface area contributed by atoms with Crippen LogP contribution in [0.3, 0.4) is 0 Å². The standard InChI is InChI=1S/C13H19NO/c1-8(2)12(14)13(15)11-7-9(3)5-6-10(11)4/h5-8,12H,14H2,1-4H3/t12-/m0/s1. The average molecular weight is 205 g/mol. The predicted octanol–water partition coefficient (Wildman–Crippen LogP) is 2.47. The zero-order valence-electron chi connectivity index (χ0n) is 9.87. The first-order chi connectivity index (χ1) is 6.93. The van der Waals surface area contributed by atoms with Crippen LogP contribution >= 0.6 is 0 Å². The molecular weight excluding hydrogens is 186 g/mol. The molecule has 0 amide bonds. The molecule has 82 valence electrons. The van der Waals surface area contributed by atoms with Crippen LogP contribution in [-0.4, -0.2) is 11.8 Å². The van der Waals surface area contributed by atoms with Crippen LogP contribution in [0.2, 0.25) is 0 Å². The van der Waals surface area contributed by atoms with E-state index in [-0.39, 0.29) is 11.7 Å². The van der Waals surface area contributed by atoms with E-state index in [0.717, 1.165) is 16.7 Å². The Morgan fingerprint density at radius 1 is 1.27 bits per heavy atom. The van der Waals surface area contributed by atoms with E-state index in [9.17, 15) is 4.79 Å². The van der Waals surface area contributed by atoms with Crippen LogP contribution in [0.4, 0.5) is 0 Å². The van der Waals surface area contributed by atoms with Crippen molar-refractivity contribution in [2.75, 3.05) is 0 Å². The fraction of sp³-hybridized carbons (Fsp3) is 0.462. The smallest absolute Gasteiger partial charge is 0.180 e. The summed E-state index contributed by atoms with van der Waals surface area (Å²) in [5.74, 6) is 0.226. The first-order valence-corrected chi connectivity index (χ1v) is 5.30. The van der Waals surface area contributed by atoms with Gasteiger partial charge in [0.1, 0.15) is 0 Å². The number of Topliss-reactive ketones (excluding diaryl/α,β-unsaturated/α-hetero) is 1. The van der Waals surface area contributed by atoms with E-state index >= 15 is 0 Å². The van der Waals surface area contributed by atoms with Crippen molar-refractivity contribution in [1.82, 2.24) is 0 Å². The van der Waals surface area contributed by atoms with E-state index in [2.05, 4.69) is 0 Å². The molecule has 0 fully saturated rings. The first-order valence-electron chi connectivity index (χ1n) is 5.30. The number of hydrogen-bond donors (Lipinski definition) is 1. The van der Waals surface area contributed by atoms with Crippen LogP contribution in [0, 0.1) is 19.8 Å². The second kappa shape index (κ2) is 4.58. The van der Waals surface area contributed by atoms with E-state index in [4.69, 9.17) is 5.73 Å². The maximum absolute atomic E-state index is 12.0. The van der Waals surface area contributed by atoms with Crippen molar-refractivity contribution in [2.24, 2.45) is 11.7 Å². The molecule has 15 heavy (non-hydrogen) atoms. The number of rotatable bonds is 3. The van der Waals surface area contributed by atoms with Crippen LogP contribution in [0.5, 0.6) is 0 Å². The third kappa shape index (κ3) is 2.66. The Labute approximate surface area is 91.5 Å². The predicted molar refractivity (Wildman–Crippen MR) is 63.1 cm³/mol. The minimum Gasteiger partial charge on any atom is -0.321 e. The highest BCUT2D eigenvalue weighted by Crippen LogP contribution is 2.15. The van der Waals surface area contributed by atoms with Crippen molar-refractivity contribution in [3.05, 3.63) is 34.9 Å². The average Bonchev–Trinajstić information content (AvgIpc) is 2.19. The molecule has 0 heterocycles. The van der Waals surface area contributed by atoms with Gasteiger partial charge in [-0.15, -0.1) is 0 Å². The van der Waals surface area contributed by atoms with Gasteiger partial charge in [-0.05, 0) is 31.4 Å². The molecule has 0 aliphatic carbocycles. The van der Waals surface area contributed by atoms with Crippen LogP contribution in [-0.2, 0) is 0 Å². The monoisotopic (exact) mass is 205 g/mol. The van der Waals surface area contributed by atoms with E-state index in [0.29, 0.717) is 0 Å². The zero-order valence-corrected chi connectivity index (χ0v) is 9.87. The van der Waals surface area contributed by atoms with Gasteiger partial charge in [0.05, 0.1) is 6.04 Å². The number of carbonyl (C=O) groups excluding carboxylic acids is 1. The Morgan fingerprint density at radius 3 is 2.40 bits per heavy atom. The summed E-state index contributed by atoms with van der Waals surface area (Å²) in [6.07, 6.45) is 0. The highest BCUT2D eigenvalue weighted by atomic mass is 16.1. The van der Waals surface area contributed by atoms with Gasteiger partial charge in [-0.1, -0.05) is 31.5 Å². The molecule has 1 atom stereocenters. The Kier molecular flexibility index (Phi) is 3.64. The number of nitrogens with two attached hydrogens (primary N) is 1. The molecule has 2 nitrogen and oxygen atoms in total. The number of ketones is 1. The molecule has 1 aromatic carbocycles. The summed E-state index contributed by atoms with van der Waals surface area (Å²) in [6.45, 7) is 7.86. The Bertz CT molecular complexity index is 369. The highest BCUT2D eigenvalue weighted by molar-refractivity contribution is 6.01. The van der Waals surface area contributed by atoms with Gasteiger partial charge in [-0.25, -0.2) is 0 Å². The van der Waals surface area contributed by atoms with Crippen LogP contribution < -0.4 is 5.73 Å². The van der Waals surface area contributed by atoms with E-state index < -0.39 is 6.04 Å². The third-order valence-electron chi connectivity index (χ3n) is 2.68. The first kappa shape index (κ1) is 11.9. The summed E-state index contributed by atoms with van der Waals surface area (Å²) in [7, 11) is 0. The fourth-order valence-electron chi connectivity index (χ4n) is 1.48. The maximum atomic E-state index is 12.0. The van der Waals surface area contributed by atoms with Crippen molar-refractivity contribution >= 4 is 5.78 Å². The number of aryl methyl sites for hydroxylation is 2. The molecule has 0 saturated carbocycles. The summed E-state index contributed by atoms with van der Waals surface area (Å²) in [4.78, 5) is 12.0. The largest absolute Gasteiger partial charge is 0.321 e. The Morgan fingerprint density at radius 2 is 1.87 bits per heavy atom. The number of hydrogen-bond acceptors (Lipinski definition) is 2. The Balaban J connectivity index is 3.05. The molecule has 0 aromatic heterocycles. The lowest BCUT2D eigenvalue weighted by atomic mass is 9.92. The summed E-state index contributed by atoms with van der Waals surface area (Å²) >= 11 is 0. The van der Waals surface area contributed by atoms with Crippen molar-refractivity contribution in [3.63, 3.8) is 0 Å². The van der Waals surface area contributed by atoms with Crippen molar-refractivity contribution in [1.29, 1.82) is 0 Å². The molecule has 0 radical (unpaired) electrons. The normalized spacial score (nSPS) is 12.9. The van der Waals surface area contributed by atoms with E-state index in [1.807, 2.05) is 45.9 Å². The fourth-order valence-corrected chi connectivity index (χ4v) is 1.48. The molecule has 0 aliphatic rings. The van der Waals surface area contributed by atoms with Crippen molar-refractivity contribution < 1.29 is 4.79 Å². The van der Waals surface area contributed by atoms with Gasteiger partial charge >= 0.3 is 0 Å². The molecule has 0 spiro atoms. The van der Waals surface area contributed by atoms with E-state index in [1.54, 1.807) is 0 Å². The van der Waals surface area contributed by atoms with Crippen LogP contribution in [0.15, 0.2) is 18.2 Å². The molecule has 0 bridgehead atoms. The number of benzene rings is 1. The molecule has 1 aromatic rings. The summed E-state index contributed by atoms with van der Waals surface area (Å²) in [5.41, 5.74) is 8.72. The SMILES string of the molecule is Cc1ccc(C)c(C(=O)[C@@H](N)C(C)C)c1.